The van der Waals surface area contributed by atoms with Crippen molar-refractivity contribution in [2.24, 2.45) is 5.92 Å². The molecule has 0 bridgehead atoms. The maximum Gasteiger partial charge on any atom is 0.322 e. The van der Waals surface area contributed by atoms with Crippen molar-refractivity contribution in [2.75, 3.05) is 30.8 Å². The summed E-state index contributed by atoms with van der Waals surface area (Å²) in [5.41, 5.74) is 5.26. The van der Waals surface area contributed by atoms with E-state index in [1.807, 2.05) is 88.4 Å². The van der Waals surface area contributed by atoms with Crippen molar-refractivity contribution in [1.29, 1.82) is 0 Å². The zero-order valence-electron chi connectivity index (χ0n) is 23.1. The topological polar surface area (TPSA) is 88.5 Å². The number of carbonyl (C=O) groups excluding carboxylic acids is 2. The molecular formula is C31H35N5O3. The molecule has 2 N–H and O–H groups in total. The molecule has 3 aromatic carbocycles. The second-order valence-corrected chi connectivity index (χ2v) is 9.94. The summed E-state index contributed by atoms with van der Waals surface area (Å²) < 4.78 is 7.10. The van der Waals surface area contributed by atoms with E-state index in [9.17, 15) is 9.59 Å². The zero-order valence-corrected chi connectivity index (χ0v) is 23.1. The minimum atomic E-state index is -0.379. The molecule has 39 heavy (non-hydrogen) atoms. The molecule has 3 amide bonds. The van der Waals surface area contributed by atoms with Crippen LogP contribution in [-0.4, -0.2) is 46.8 Å². The van der Waals surface area contributed by atoms with Gasteiger partial charge in [-0.05, 0) is 43.5 Å². The van der Waals surface area contributed by atoms with Gasteiger partial charge in [-0.1, -0.05) is 74.0 Å². The van der Waals surface area contributed by atoms with Gasteiger partial charge in [0.25, 0.3) is 0 Å². The van der Waals surface area contributed by atoms with E-state index in [0.717, 1.165) is 28.1 Å². The molecule has 0 aliphatic carbocycles. The molecule has 0 saturated carbocycles. The van der Waals surface area contributed by atoms with Crippen molar-refractivity contribution in [3.63, 3.8) is 0 Å². The van der Waals surface area contributed by atoms with Crippen LogP contribution in [-0.2, 0) is 4.79 Å². The summed E-state index contributed by atoms with van der Waals surface area (Å²) in [6.07, 6.45) is 0. The molecule has 0 aliphatic heterocycles. The fourth-order valence-corrected chi connectivity index (χ4v) is 4.40. The first-order valence-corrected chi connectivity index (χ1v) is 13.0. The van der Waals surface area contributed by atoms with Gasteiger partial charge in [0.2, 0.25) is 5.91 Å². The summed E-state index contributed by atoms with van der Waals surface area (Å²) in [5, 5.41) is 10.7. The average Bonchev–Trinajstić information content (AvgIpc) is 3.32. The van der Waals surface area contributed by atoms with Crippen molar-refractivity contribution in [1.82, 2.24) is 14.7 Å². The van der Waals surface area contributed by atoms with Gasteiger partial charge in [-0.15, -0.1) is 0 Å². The third-order valence-electron chi connectivity index (χ3n) is 6.18. The molecule has 1 heterocycles. The molecular weight excluding hydrogens is 490 g/mol. The predicted molar refractivity (Wildman–Crippen MR) is 156 cm³/mol. The van der Waals surface area contributed by atoms with Crippen molar-refractivity contribution < 1.29 is 14.3 Å². The molecule has 0 saturated heterocycles. The number of ether oxygens (including phenoxy) is 1. The SMILES string of the molecule is COc1ccccc1NC(=O)N(CC(=O)Nc1cc(-c2ccccc2)nn1-c1ccc(C)cc1C)CC(C)C. The maximum absolute atomic E-state index is 13.4. The van der Waals surface area contributed by atoms with E-state index in [2.05, 4.69) is 16.7 Å². The van der Waals surface area contributed by atoms with Crippen LogP contribution in [0.5, 0.6) is 5.75 Å². The van der Waals surface area contributed by atoms with Crippen molar-refractivity contribution in [2.45, 2.75) is 27.7 Å². The molecule has 4 aromatic rings. The summed E-state index contributed by atoms with van der Waals surface area (Å²) in [6.45, 7) is 8.34. The summed E-state index contributed by atoms with van der Waals surface area (Å²) in [4.78, 5) is 28.1. The van der Waals surface area contributed by atoms with Crippen LogP contribution < -0.4 is 15.4 Å². The largest absolute Gasteiger partial charge is 0.495 e. The van der Waals surface area contributed by atoms with E-state index in [0.29, 0.717) is 23.8 Å². The Labute approximate surface area is 229 Å². The van der Waals surface area contributed by atoms with Crippen LogP contribution >= 0.6 is 0 Å². The summed E-state index contributed by atoms with van der Waals surface area (Å²) in [7, 11) is 1.55. The number of para-hydroxylation sites is 2. The first kappa shape index (κ1) is 27.4. The van der Waals surface area contributed by atoms with Crippen LogP contribution in [0.2, 0.25) is 0 Å². The number of aryl methyl sites for hydroxylation is 2. The highest BCUT2D eigenvalue weighted by Gasteiger charge is 2.22. The van der Waals surface area contributed by atoms with Crippen LogP contribution in [0.4, 0.5) is 16.3 Å². The number of amides is 3. The lowest BCUT2D eigenvalue weighted by molar-refractivity contribution is -0.116. The van der Waals surface area contributed by atoms with Crippen LogP contribution in [0.25, 0.3) is 16.9 Å². The van der Waals surface area contributed by atoms with Gasteiger partial charge in [0, 0.05) is 18.2 Å². The van der Waals surface area contributed by atoms with Crippen molar-refractivity contribution in [3.05, 3.63) is 90.0 Å². The molecule has 1 aromatic heterocycles. The van der Waals surface area contributed by atoms with Crippen LogP contribution in [0, 0.1) is 19.8 Å². The lowest BCUT2D eigenvalue weighted by Gasteiger charge is -2.25. The number of benzene rings is 3. The van der Waals surface area contributed by atoms with E-state index in [1.165, 1.54) is 4.90 Å². The summed E-state index contributed by atoms with van der Waals surface area (Å²) in [5.74, 6) is 0.911. The van der Waals surface area contributed by atoms with E-state index in [-0.39, 0.29) is 24.4 Å². The Morgan fingerprint density at radius 2 is 1.67 bits per heavy atom. The number of anilines is 2. The quantitative estimate of drug-likeness (QED) is 0.269. The maximum atomic E-state index is 13.4. The Bertz CT molecular complexity index is 1450. The van der Waals surface area contributed by atoms with Gasteiger partial charge in [-0.25, -0.2) is 9.48 Å². The van der Waals surface area contributed by atoms with E-state index < -0.39 is 0 Å². The normalized spacial score (nSPS) is 10.8. The monoisotopic (exact) mass is 525 g/mol. The molecule has 8 nitrogen and oxygen atoms in total. The molecule has 0 unspecified atom stereocenters. The van der Waals surface area contributed by atoms with E-state index in [1.54, 1.807) is 23.9 Å². The Hall–Kier alpha value is -4.59. The molecule has 0 radical (unpaired) electrons. The number of methoxy groups -OCH3 is 1. The average molecular weight is 526 g/mol. The third-order valence-corrected chi connectivity index (χ3v) is 6.18. The molecule has 4 rings (SSSR count). The Kier molecular flexibility index (Phi) is 8.66. The second kappa shape index (κ2) is 12.3. The smallest absolute Gasteiger partial charge is 0.322 e. The van der Waals surface area contributed by atoms with Gasteiger partial charge in [-0.2, -0.15) is 5.10 Å². The minimum absolute atomic E-state index is 0.127. The zero-order chi connectivity index (χ0) is 27.9. The molecule has 202 valence electrons. The molecule has 0 fully saturated rings. The molecule has 0 spiro atoms. The highest BCUT2D eigenvalue weighted by Crippen LogP contribution is 2.27. The number of aromatic nitrogens is 2. The minimum Gasteiger partial charge on any atom is -0.495 e. The van der Waals surface area contributed by atoms with E-state index in [4.69, 9.17) is 9.84 Å². The molecule has 8 heteroatoms. The van der Waals surface area contributed by atoms with Gasteiger partial charge in [0.1, 0.15) is 18.1 Å². The Morgan fingerprint density at radius 3 is 2.36 bits per heavy atom. The highest BCUT2D eigenvalue weighted by atomic mass is 16.5. The fourth-order valence-electron chi connectivity index (χ4n) is 4.40. The lowest BCUT2D eigenvalue weighted by atomic mass is 10.1. The van der Waals surface area contributed by atoms with Crippen LogP contribution in [0.3, 0.4) is 0 Å². The predicted octanol–water partition coefficient (Wildman–Crippen LogP) is 6.29. The number of carbonyl (C=O) groups is 2. The first-order valence-electron chi connectivity index (χ1n) is 13.0. The fraction of sp³-hybridized carbons (Fsp3) is 0.258. The van der Waals surface area contributed by atoms with Gasteiger partial charge in [0.05, 0.1) is 24.2 Å². The lowest BCUT2D eigenvalue weighted by Crippen LogP contribution is -2.42. The van der Waals surface area contributed by atoms with Gasteiger partial charge >= 0.3 is 6.03 Å². The van der Waals surface area contributed by atoms with E-state index >= 15 is 0 Å². The Morgan fingerprint density at radius 1 is 0.949 bits per heavy atom. The van der Waals surface area contributed by atoms with Crippen LogP contribution in [0.15, 0.2) is 78.9 Å². The number of hydrogen-bond donors (Lipinski definition) is 2. The van der Waals surface area contributed by atoms with Gasteiger partial charge < -0.3 is 20.3 Å². The number of nitrogens with zero attached hydrogens (tertiary/aromatic N) is 3. The summed E-state index contributed by atoms with van der Waals surface area (Å²) in [6, 6.07) is 24.6. The molecule has 0 aliphatic rings. The summed E-state index contributed by atoms with van der Waals surface area (Å²) >= 11 is 0. The molecule has 0 atom stereocenters. The number of hydrogen-bond acceptors (Lipinski definition) is 4. The highest BCUT2D eigenvalue weighted by molar-refractivity contribution is 5.97. The van der Waals surface area contributed by atoms with Gasteiger partial charge in [0.15, 0.2) is 0 Å². The van der Waals surface area contributed by atoms with Crippen molar-refractivity contribution in [3.8, 4) is 22.7 Å². The van der Waals surface area contributed by atoms with Gasteiger partial charge in [-0.3, -0.25) is 4.79 Å². The second-order valence-electron chi connectivity index (χ2n) is 9.94. The number of urea groups is 1. The number of nitrogens with one attached hydrogen (secondary N) is 2. The number of rotatable bonds is 9. The first-order chi connectivity index (χ1) is 18.7. The Balaban J connectivity index is 1.60. The van der Waals surface area contributed by atoms with Crippen LogP contribution in [0.1, 0.15) is 25.0 Å². The standard InChI is InChI=1S/C31H35N5O3/c1-21(2)19-35(31(38)32-25-13-9-10-14-28(25)39-5)20-30(37)33-29-18-26(24-11-7-6-8-12-24)34-36(29)27-16-15-22(3)17-23(27)4/h6-18,21H,19-20H2,1-5H3,(H,32,38)(H,33,37). The van der Waals surface area contributed by atoms with Crippen molar-refractivity contribution >= 4 is 23.4 Å². The third kappa shape index (κ3) is 6.84.